The Morgan fingerprint density at radius 3 is 2.54 bits per heavy atom. The zero-order valence-corrected chi connectivity index (χ0v) is 15.9. The average molecular weight is 389 g/mol. The fourth-order valence-electron chi connectivity index (χ4n) is 1.56. The van der Waals surface area contributed by atoms with Crippen LogP contribution < -0.4 is 10.0 Å². The molecule has 1 heterocycles. The summed E-state index contributed by atoms with van der Waals surface area (Å²) in [4.78, 5) is 11.9. The van der Waals surface area contributed by atoms with Crippen molar-refractivity contribution in [3.8, 4) is 0 Å². The zero-order chi connectivity index (χ0) is 18.1. The molecule has 24 heavy (non-hydrogen) atoms. The predicted octanol–water partition coefficient (Wildman–Crippen LogP) is 3.29. The summed E-state index contributed by atoms with van der Waals surface area (Å²) >= 11 is 6.76. The summed E-state index contributed by atoms with van der Waals surface area (Å²) in [7, 11) is -3.92. The Bertz CT molecular complexity index is 872. The Balaban J connectivity index is 2.22. The van der Waals surface area contributed by atoms with E-state index in [1.165, 1.54) is 0 Å². The fourth-order valence-corrected chi connectivity index (χ4v) is 3.75. The van der Waals surface area contributed by atoms with E-state index in [-0.39, 0.29) is 15.4 Å². The summed E-state index contributed by atoms with van der Waals surface area (Å²) in [6, 6.07) is 4.91. The molecule has 0 atom stereocenters. The molecule has 0 unspecified atom stereocenters. The number of halogens is 1. The summed E-state index contributed by atoms with van der Waals surface area (Å²) < 4.78 is 27.0. The zero-order valence-electron chi connectivity index (χ0n) is 13.5. The quantitative estimate of drug-likeness (QED) is 0.782. The van der Waals surface area contributed by atoms with E-state index in [9.17, 15) is 13.2 Å². The molecule has 2 N–H and O–H groups in total. The van der Waals surface area contributed by atoms with Crippen molar-refractivity contribution in [3.05, 3.63) is 28.8 Å². The van der Waals surface area contributed by atoms with E-state index in [2.05, 4.69) is 20.2 Å². The van der Waals surface area contributed by atoms with E-state index in [4.69, 9.17) is 11.6 Å². The largest absolute Gasteiger partial charge is 0.300 e. The Labute approximate surface area is 149 Å². The molecule has 0 fully saturated rings. The maximum atomic E-state index is 12.4. The van der Waals surface area contributed by atoms with Gasteiger partial charge in [0, 0.05) is 10.4 Å². The Hall–Kier alpha value is -1.71. The molecule has 0 saturated heterocycles. The van der Waals surface area contributed by atoms with Crippen LogP contribution in [0.25, 0.3) is 0 Å². The number of nitrogens with one attached hydrogen (secondary N) is 2. The number of anilines is 2. The lowest BCUT2D eigenvalue weighted by Gasteiger charge is -2.15. The SMILES string of the molecule is Cc1c(Cl)cccc1NS(=O)(=O)c1nnc(NC(=O)C(C)(C)C)s1. The first-order valence-corrected chi connectivity index (χ1v) is 9.61. The third kappa shape index (κ3) is 4.22. The second-order valence-electron chi connectivity index (χ2n) is 6.10. The molecule has 130 valence electrons. The minimum atomic E-state index is -3.92. The van der Waals surface area contributed by atoms with Crippen molar-refractivity contribution in [2.45, 2.75) is 32.0 Å². The van der Waals surface area contributed by atoms with E-state index >= 15 is 0 Å². The number of benzene rings is 1. The second kappa shape index (κ2) is 6.66. The first kappa shape index (κ1) is 18.6. The molecular weight excluding hydrogens is 372 g/mol. The molecule has 10 heteroatoms. The van der Waals surface area contributed by atoms with Crippen molar-refractivity contribution in [1.82, 2.24) is 10.2 Å². The van der Waals surface area contributed by atoms with Crippen LogP contribution in [-0.2, 0) is 14.8 Å². The molecule has 7 nitrogen and oxygen atoms in total. The van der Waals surface area contributed by atoms with Gasteiger partial charge in [0.25, 0.3) is 14.4 Å². The maximum absolute atomic E-state index is 12.4. The van der Waals surface area contributed by atoms with Crippen LogP contribution >= 0.6 is 22.9 Å². The van der Waals surface area contributed by atoms with Crippen LogP contribution in [0.1, 0.15) is 26.3 Å². The van der Waals surface area contributed by atoms with Crippen molar-refractivity contribution in [1.29, 1.82) is 0 Å². The van der Waals surface area contributed by atoms with Gasteiger partial charge in [-0.2, -0.15) is 8.42 Å². The van der Waals surface area contributed by atoms with Gasteiger partial charge in [-0.3, -0.25) is 9.52 Å². The number of nitrogens with zero attached hydrogens (tertiary/aromatic N) is 2. The standard InChI is InChI=1S/C14H17ClN4O3S2/c1-8-9(15)6-5-7-10(8)19-24(21,22)13-18-17-12(23-13)16-11(20)14(2,3)4/h5-7,19H,1-4H3,(H,16,17,20). The van der Waals surface area contributed by atoms with E-state index in [0.29, 0.717) is 16.3 Å². The van der Waals surface area contributed by atoms with Gasteiger partial charge in [0.05, 0.1) is 5.69 Å². The number of rotatable bonds is 4. The lowest BCUT2D eigenvalue weighted by Crippen LogP contribution is -2.27. The summed E-state index contributed by atoms with van der Waals surface area (Å²) in [5, 5.41) is 10.5. The third-order valence-electron chi connectivity index (χ3n) is 3.05. The average Bonchev–Trinajstić information content (AvgIpc) is 2.92. The van der Waals surface area contributed by atoms with Gasteiger partial charge in [-0.1, -0.05) is 49.8 Å². The number of amides is 1. The second-order valence-corrected chi connectivity index (χ2v) is 9.34. The third-order valence-corrected chi connectivity index (χ3v) is 6.03. The van der Waals surface area contributed by atoms with Gasteiger partial charge in [-0.15, -0.1) is 10.2 Å². The van der Waals surface area contributed by atoms with E-state index < -0.39 is 15.4 Å². The lowest BCUT2D eigenvalue weighted by molar-refractivity contribution is -0.123. The summed E-state index contributed by atoms with van der Waals surface area (Å²) in [6.07, 6.45) is 0. The predicted molar refractivity (Wildman–Crippen MR) is 95.0 cm³/mol. The molecule has 0 radical (unpaired) electrons. The normalized spacial score (nSPS) is 12.0. The van der Waals surface area contributed by atoms with Crippen LogP contribution in [0, 0.1) is 12.3 Å². The van der Waals surface area contributed by atoms with Gasteiger partial charge in [0.15, 0.2) is 0 Å². The summed E-state index contributed by atoms with van der Waals surface area (Å²) in [6.45, 7) is 6.93. The van der Waals surface area contributed by atoms with Crippen LogP contribution in [0.15, 0.2) is 22.5 Å². The molecule has 0 aliphatic carbocycles. The molecule has 0 bridgehead atoms. The lowest BCUT2D eigenvalue weighted by atomic mass is 9.96. The first-order valence-electron chi connectivity index (χ1n) is 6.93. The Morgan fingerprint density at radius 2 is 1.92 bits per heavy atom. The van der Waals surface area contributed by atoms with Gasteiger partial charge in [-0.25, -0.2) is 0 Å². The molecule has 1 amide bonds. The summed E-state index contributed by atoms with van der Waals surface area (Å²) in [5.41, 5.74) is 0.340. The first-order chi connectivity index (χ1) is 11.0. The van der Waals surface area contributed by atoms with Crippen LogP contribution in [0.2, 0.25) is 5.02 Å². The number of aromatic nitrogens is 2. The number of hydrogen-bond acceptors (Lipinski definition) is 6. The fraction of sp³-hybridized carbons (Fsp3) is 0.357. The van der Waals surface area contributed by atoms with E-state index in [1.807, 2.05) is 0 Å². The van der Waals surface area contributed by atoms with Crippen molar-refractivity contribution >= 4 is 49.7 Å². The molecule has 2 rings (SSSR count). The number of carbonyl (C=O) groups excluding carboxylic acids is 1. The topological polar surface area (TPSA) is 101 Å². The highest BCUT2D eigenvalue weighted by Crippen LogP contribution is 2.28. The van der Waals surface area contributed by atoms with Gasteiger partial charge in [-0.05, 0) is 24.6 Å². The van der Waals surface area contributed by atoms with E-state index in [0.717, 1.165) is 11.3 Å². The molecule has 0 aliphatic rings. The highest BCUT2D eigenvalue weighted by molar-refractivity contribution is 7.94. The molecule has 0 spiro atoms. The van der Waals surface area contributed by atoms with Crippen LogP contribution in [0.5, 0.6) is 0 Å². The van der Waals surface area contributed by atoms with Gasteiger partial charge >= 0.3 is 0 Å². The smallest absolute Gasteiger partial charge is 0.291 e. The monoisotopic (exact) mass is 388 g/mol. The Kier molecular flexibility index (Phi) is 5.17. The molecule has 1 aromatic carbocycles. The minimum Gasteiger partial charge on any atom is -0.300 e. The van der Waals surface area contributed by atoms with Gasteiger partial charge in [0.2, 0.25) is 11.0 Å². The molecular formula is C14H17ClN4O3S2. The maximum Gasteiger partial charge on any atom is 0.291 e. The number of hydrogen-bond donors (Lipinski definition) is 2. The van der Waals surface area contributed by atoms with Gasteiger partial charge < -0.3 is 5.32 Å². The molecule has 2 aromatic rings. The molecule has 0 saturated carbocycles. The highest BCUT2D eigenvalue weighted by atomic mass is 35.5. The van der Waals surface area contributed by atoms with Gasteiger partial charge in [0.1, 0.15) is 0 Å². The molecule has 1 aromatic heterocycles. The highest BCUT2D eigenvalue weighted by Gasteiger charge is 2.25. The van der Waals surface area contributed by atoms with Crippen LogP contribution in [0.4, 0.5) is 10.8 Å². The summed E-state index contributed by atoms with van der Waals surface area (Å²) in [5.74, 6) is -0.277. The molecule has 0 aliphatic heterocycles. The Morgan fingerprint density at radius 1 is 1.25 bits per heavy atom. The van der Waals surface area contributed by atoms with Crippen molar-refractivity contribution in [2.24, 2.45) is 5.41 Å². The van der Waals surface area contributed by atoms with Crippen molar-refractivity contribution in [2.75, 3.05) is 10.0 Å². The van der Waals surface area contributed by atoms with Crippen LogP contribution in [-0.4, -0.2) is 24.5 Å². The van der Waals surface area contributed by atoms with E-state index in [1.54, 1.807) is 45.9 Å². The number of carbonyl (C=O) groups is 1. The number of sulfonamides is 1. The van der Waals surface area contributed by atoms with Crippen molar-refractivity contribution in [3.63, 3.8) is 0 Å². The van der Waals surface area contributed by atoms with Crippen LogP contribution in [0.3, 0.4) is 0 Å². The minimum absolute atomic E-state index is 0.123. The van der Waals surface area contributed by atoms with Crippen molar-refractivity contribution < 1.29 is 13.2 Å².